The molecule has 1 atom stereocenters. The van der Waals surface area contributed by atoms with Crippen molar-refractivity contribution in [1.82, 2.24) is 14.9 Å². The molecule has 2 heterocycles. The van der Waals surface area contributed by atoms with Gasteiger partial charge >= 0.3 is 5.97 Å². The third kappa shape index (κ3) is 5.40. The van der Waals surface area contributed by atoms with Gasteiger partial charge in [0.25, 0.3) is 5.91 Å². The van der Waals surface area contributed by atoms with Gasteiger partial charge in [0.15, 0.2) is 0 Å². The number of carbonyl (C=O) groups excluding carboxylic acids is 1. The first-order valence-corrected chi connectivity index (χ1v) is 9.51. The second kappa shape index (κ2) is 9.49. The summed E-state index contributed by atoms with van der Waals surface area (Å²) in [6, 6.07) is 1.76. The van der Waals surface area contributed by atoms with Crippen molar-refractivity contribution in [2.24, 2.45) is 5.92 Å². The van der Waals surface area contributed by atoms with E-state index < -0.39 is 11.9 Å². The SMILES string of the molecule is CCOCCCN(CC(C)C(=O)O)C(=O)c1cc(-c2csc(C)n2)c[nH]1. The highest BCUT2D eigenvalue weighted by atomic mass is 32.1. The van der Waals surface area contributed by atoms with E-state index >= 15 is 0 Å². The zero-order valence-electron chi connectivity index (χ0n) is 15.3. The lowest BCUT2D eigenvalue weighted by Crippen LogP contribution is -2.38. The number of aromatic nitrogens is 2. The number of hydrogen-bond donors (Lipinski definition) is 2. The van der Waals surface area contributed by atoms with Gasteiger partial charge in [-0.2, -0.15) is 0 Å². The van der Waals surface area contributed by atoms with Gasteiger partial charge in [0, 0.05) is 43.4 Å². The summed E-state index contributed by atoms with van der Waals surface area (Å²) in [7, 11) is 0. The van der Waals surface area contributed by atoms with Crippen LogP contribution in [0.5, 0.6) is 0 Å². The van der Waals surface area contributed by atoms with E-state index in [1.54, 1.807) is 35.4 Å². The second-order valence-electron chi connectivity index (χ2n) is 6.09. The maximum absolute atomic E-state index is 12.9. The molecule has 0 bridgehead atoms. The highest BCUT2D eigenvalue weighted by molar-refractivity contribution is 7.09. The van der Waals surface area contributed by atoms with E-state index in [-0.39, 0.29) is 12.5 Å². The molecule has 7 nitrogen and oxygen atoms in total. The number of H-pyrrole nitrogens is 1. The Bertz CT molecular complexity index is 740. The summed E-state index contributed by atoms with van der Waals surface area (Å²) in [6.07, 6.45) is 2.41. The maximum Gasteiger partial charge on any atom is 0.308 e. The summed E-state index contributed by atoms with van der Waals surface area (Å²) in [4.78, 5) is 33.0. The van der Waals surface area contributed by atoms with Gasteiger partial charge in [-0.3, -0.25) is 9.59 Å². The maximum atomic E-state index is 12.9. The molecule has 0 spiro atoms. The number of thiazole rings is 1. The third-order valence-corrected chi connectivity index (χ3v) is 4.73. The van der Waals surface area contributed by atoms with Gasteiger partial charge in [0.1, 0.15) is 5.69 Å². The van der Waals surface area contributed by atoms with Crippen LogP contribution in [0, 0.1) is 12.8 Å². The molecule has 2 aromatic rings. The monoisotopic (exact) mass is 379 g/mol. The minimum Gasteiger partial charge on any atom is -0.481 e. The molecule has 1 amide bonds. The van der Waals surface area contributed by atoms with Gasteiger partial charge in [-0.25, -0.2) is 4.98 Å². The number of hydrogen-bond acceptors (Lipinski definition) is 5. The fraction of sp³-hybridized carbons (Fsp3) is 0.500. The quantitative estimate of drug-likeness (QED) is 0.619. The molecule has 2 rings (SSSR count). The van der Waals surface area contributed by atoms with Crippen LogP contribution in [0.25, 0.3) is 11.3 Å². The number of aryl methyl sites for hydroxylation is 1. The Kier molecular flexibility index (Phi) is 7.35. The van der Waals surface area contributed by atoms with E-state index in [1.807, 2.05) is 19.2 Å². The van der Waals surface area contributed by atoms with Crippen molar-refractivity contribution in [3.63, 3.8) is 0 Å². The molecule has 2 N–H and O–H groups in total. The number of carboxylic acids is 1. The minimum atomic E-state index is -0.919. The number of rotatable bonds is 10. The molecule has 0 aliphatic heterocycles. The van der Waals surface area contributed by atoms with Gasteiger partial charge in [0.05, 0.1) is 16.6 Å². The number of nitrogens with zero attached hydrogens (tertiary/aromatic N) is 2. The van der Waals surface area contributed by atoms with E-state index in [1.165, 1.54) is 0 Å². The first-order valence-electron chi connectivity index (χ1n) is 8.63. The molecule has 0 aliphatic carbocycles. The molecule has 26 heavy (non-hydrogen) atoms. The Balaban J connectivity index is 2.11. The topological polar surface area (TPSA) is 95.5 Å². The lowest BCUT2D eigenvalue weighted by molar-refractivity contribution is -0.141. The summed E-state index contributed by atoms with van der Waals surface area (Å²) < 4.78 is 5.32. The fourth-order valence-corrected chi connectivity index (χ4v) is 3.14. The first-order chi connectivity index (χ1) is 12.4. The van der Waals surface area contributed by atoms with Crippen molar-refractivity contribution in [2.75, 3.05) is 26.3 Å². The van der Waals surface area contributed by atoms with Gasteiger partial charge in [-0.1, -0.05) is 6.92 Å². The van der Waals surface area contributed by atoms with Crippen LogP contribution >= 0.6 is 11.3 Å². The minimum absolute atomic E-state index is 0.157. The average Bonchev–Trinajstić information content (AvgIpc) is 3.25. The highest BCUT2D eigenvalue weighted by Crippen LogP contribution is 2.23. The van der Waals surface area contributed by atoms with Crippen LogP contribution in [0.4, 0.5) is 0 Å². The Labute approximate surface area is 157 Å². The molecule has 0 saturated carbocycles. The molecule has 0 fully saturated rings. The number of aliphatic carboxylic acids is 1. The van der Waals surface area contributed by atoms with Crippen LogP contribution < -0.4 is 0 Å². The predicted molar refractivity (Wildman–Crippen MR) is 100 cm³/mol. The van der Waals surface area contributed by atoms with Crippen molar-refractivity contribution >= 4 is 23.2 Å². The normalized spacial score (nSPS) is 12.1. The Morgan fingerprint density at radius 3 is 2.85 bits per heavy atom. The predicted octanol–water partition coefficient (Wildman–Crippen LogP) is 3.04. The fourth-order valence-electron chi connectivity index (χ4n) is 2.52. The smallest absolute Gasteiger partial charge is 0.308 e. The van der Waals surface area contributed by atoms with Crippen LogP contribution in [0.2, 0.25) is 0 Å². The van der Waals surface area contributed by atoms with Crippen molar-refractivity contribution in [3.05, 3.63) is 28.3 Å². The van der Waals surface area contributed by atoms with Gasteiger partial charge < -0.3 is 19.7 Å². The molecule has 8 heteroatoms. The van der Waals surface area contributed by atoms with E-state index in [0.717, 1.165) is 16.3 Å². The molecule has 0 saturated heterocycles. The molecular formula is C18H25N3O4S. The molecule has 0 aliphatic rings. The molecule has 2 aromatic heterocycles. The zero-order valence-corrected chi connectivity index (χ0v) is 16.1. The van der Waals surface area contributed by atoms with Crippen LogP contribution in [0.15, 0.2) is 17.6 Å². The van der Waals surface area contributed by atoms with Crippen LogP contribution in [-0.4, -0.2) is 58.2 Å². The highest BCUT2D eigenvalue weighted by Gasteiger charge is 2.23. The summed E-state index contributed by atoms with van der Waals surface area (Å²) in [5, 5.41) is 12.1. The number of carbonyl (C=O) groups is 2. The van der Waals surface area contributed by atoms with E-state index in [9.17, 15) is 14.7 Å². The number of amides is 1. The Hall–Kier alpha value is -2.19. The van der Waals surface area contributed by atoms with E-state index in [2.05, 4.69) is 9.97 Å². The number of carboxylic acid groups (broad SMARTS) is 1. The van der Waals surface area contributed by atoms with E-state index in [4.69, 9.17) is 4.74 Å². The molecule has 142 valence electrons. The van der Waals surface area contributed by atoms with Crippen LogP contribution in [0.3, 0.4) is 0 Å². The lowest BCUT2D eigenvalue weighted by atomic mass is 10.1. The number of aromatic amines is 1. The first kappa shape index (κ1) is 20.1. The largest absolute Gasteiger partial charge is 0.481 e. The Morgan fingerprint density at radius 2 is 2.23 bits per heavy atom. The van der Waals surface area contributed by atoms with Crippen LogP contribution in [0.1, 0.15) is 35.8 Å². The lowest BCUT2D eigenvalue weighted by Gasteiger charge is -2.24. The van der Waals surface area contributed by atoms with Gasteiger partial charge in [-0.05, 0) is 26.3 Å². The van der Waals surface area contributed by atoms with Crippen molar-refractivity contribution < 1.29 is 19.4 Å². The summed E-state index contributed by atoms with van der Waals surface area (Å²) in [6.45, 7) is 7.20. The van der Waals surface area contributed by atoms with E-state index in [0.29, 0.717) is 31.9 Å². The Morgan fingerprint density at radius 1 is 1.46 bits per heavy atom. The van der Waals surface area contributed by atoms with Crippen molar-refractivity contribution in [1.29, 1.82) is 0 Å². The van der Waals surface area contributed by atoms with Crippen molar-refractivity contribution in [2.45, 2.75) is 27.2 Å². The summed E-state index contributed by atoms with van der Waals surface area (Å²) in [5.74, 6) is -1.77. The molecule has 1 unspecified atom stereocenters. The standard InChI is InChI=1S/C18H25N3O4S/c1-4-25-7-5-6-21(10-12(2)18(23)24)17(22)15-8-14(9-19-15)16-11-26-13(3)20-16/h8-9,11-12,19H,4-7,10H2,1-3H3,(H,23,24). The number of nitrogens with one attached hydrogen (secondary N) is 1. The molecule has 0 aromatic carbocycles. The van der Waals surface area contributed by atoms with Gasteiger partial charge in [-0.15, -0.1) is 11.3 Å². The number of ether oxygens (including phenoxy) is 1. The van der Waals surface area contributed by atoms with Crippen LogP contribution in [-0.2, 0) is 9.53 Å². The molecule has 0 radical (unpaired) electrons. The van der Waals surface area contributed by atoms with Gasteiger partial charge in [0.2, 0.25) is 0 Å². The van der Waals surface area contributed by atoms with Crippen molar-refractivity contribution in [3.8, 4) is 11.3 Å². The summed E-state index contributed by atoms with van der Waals surface area (Å²) in [5.41, 5.74) is 2.10. The second-order valence-corrected chi connectivity index (χ2v) is 7.16. The zero-order chi connectivity index (χ0) is 19.1. The third-order valence-electron chi connectivity index (χ3n) is 3.95. The average molecular weight is 379 g/mol. The molecular weight excluding hydrogens is 354 g/mol. The summed E-state index contributed by atoms with van der Waals surface area (Å²) >= 11 is 1.55.